The average molecular weight is 451 g/mol. The first-order chi connectivity index (χ1) is 15.5. The fraction of sp³-hybridized carbons (Fsp3) is 0.793. The van der Waals surface area contributed by atoms with E-state index in [-0.39, 0.29) is 11.9 Å². The highest BCUT2D eigenvalue weighted by atomic mass is 19.2. The molecule has 0 N–H and O–H groups in total. The van der Waals surface area contributed by atoms with Gasteiger partial charge < -0.3 is 4.74 Å². The molecule has 0 spiro atoms. The Bertz CT molecular complexity index is 636. The molecular weight excluding hydrogens is 402 g/mol. The van der Waals surface area contributed by atoms with E-state index >= 15 is 0 Å². The van der Waals surface area contributed by atoms with E-state index < -0.39 is 11.6 Å². The molecule has 3 heteroatoms. The standard InChI is InChI=1S/C29H48F2O/c1-5-8-9-13-22(4)32-27-21-20-26(28(30)29(27)31)15-10-14-24(12-7-3)25-18-16-23(11-6-2)17-19-25/h20-25H,5-19H2,1-4H3/t22?,23?,24-,25?/m0/s1. The normalized spacial score (nSPS) is 20.8. The van der Waals surface area contributed by atoms with Crippen molar-refractivity contribution in [2.45, 2.75) is 130 Å². The number of aryl methyl sites for hydroxylation is 1. The van der Waals surface area contributed by atoms with Crippen molar-refractivity contribution in [3.8, 4) is 5.75 Å². The van der Waals surface area contributed by atoms with Crippen molar-refractivity contribution in [1.82, 2.24) is 0 Å². The molecule has 0 aromatic heterocycles. The van der Waals surface area contributed by atoms with Gasteiger partial charge in [0.15, 0.2) is 11.6 Å². The Morgan fingerprint density at radius 2 is 1.59 bits per heavy atom. The summed E-state index contributed by atoms with van der Waals surface area (Å²) in [7, 11) is 0. The lowest BCUT2D eigenvalue weighted by Crippen LogP contribution is -2.22. The van der Waals surface area contributed by atoms with Gasteiger partial charge in [0.1, 0.15) is 0 Å². The van der Waals surface area contributed by atoms with Crippen LogP contribution in [0, 0.1) is 29.4 Å². The van der Waals surface area contributed by atoms with E-state index in [1.807, 2.05) is 6.92 Å². The summed E-state index contributed by atoms with van der Waals surface area (Å²) >= 11 is 0. The largest absolute Gasteiger partial charge is 0.488 e. The Labute approximate surface area is 196 Å². The number of benzene rings is 1. The van der Waals surface area contributed by atoms with Crippen LogP contribution in [0.5, 0.6) is 5.75 Å². The number of hydrogen-bond acceptors (Lipinski definition) is 1. The molecule has 184 valence electrons. The molecule has 0 radical (unpaired) electrons. The highest BCUT2D eigenvalue weighted by molar-refractivity contribution is 5.31. The van der Waals surface area contributed by atoms with Crippen molar-refractivity contribution in [3.05, 3.63) is 29.3 Å². The van der Waals surface area contributed by atoms with E-state index in [0.29, 0.717) is 12.0 Å². The average Bonchev–Trinajstić information content (AvgIpc) is 2.79. The zero-order chi connectivity index (χ0) is 23.3. The minimum absolute atomic E-state index is 0.0583. The first kappa shape index (κ1) is 27.1. The Balaban J connectivity index is 1.85. The second-order valence-corrected chi connectivity index (χ2v) is 10.3. The Morgan fingerprint density at radius 1 is 0.844 bits per heavy atom. The van der Waals surface area contributed by atoms with Gasteiger partial charge in [0.05, 0.1) is 6.10 Å². The topological polar surface area (TPSA) is 9.23 Å². The molecule has 1 aliphatic rings. The minimum atomic E-state index is -0.816. The van der Waals surface area contributed by atoms with Crippen LogP contribution < -0.4 is 4.74 Å². The van der Waals surface area contributed by atoms with Crippen LogP contribution >= 0.6 is 0 Å². The third-order valence-corrected chi connectivity index (χ3v) is 7.60. The molecule has 1 nitrogen and oxygen atoms in total. The van der Waals surface area contributed by atoms with Crippen LogP contribution in [0.15, 0.2) is 12.1 Å². The predicted octanol–water partition coefficient (Wildman–Crippen LogP) is 9.66. The lowest BCUT2D eigenvalue weighted by molar-refractivity contribution is 0.179. The van der Waals surface area contributed by atoms with E-state index in [1.54, 1.807) is 12.1 Å². The quantitative estimate of drug-likeness (QED) is 0.242. The minimum Gasteiger partial charge on any atom is -0.488 e. The maximum atomic E-state index is 14.7. The van der Waals surface area contributed by atoms with Gasteiger partial charge in [-0.1, -0.05) is 78.2 Å². The van der Waals surface area contributed by atoms with Crippen molar-refractivity contribution < 1.29 is 13.5 Å². The van der Waals surface area contributed by atoms with Gasteiger partial charge >= 0.3 is 0 Å². The van der Waals surface area contributed by atoms with Gasteiger partial charge in [0.2, 0.25) is 5.82 Å². The monoisotopic (exact) mass is 450 g/mol. The molecule has 0 bridgehead atoms. The van der Waals surface area contributed by atoms with Crippen LogP contribution in [-0.2, 0) is 6.42 Å². The second kappa shape index (κ2) is 14.9. The Hall–Kier alpha value is -1.12. The molecule has 2 atom stereocenters. The molecule has 32 heavy (non-hydrogen) atoms. The number of rotatable bonds is 15. The molecule has 0 heterocycles. The molecular formula is C29H48F2O. The zero-order valence-electron chi connectivity index (χ0n) is 21.2. The molecule has 0 saturated heterocycles. The van der Waals surface area contributed by atoms with Gasteiger partial charge in [-0.3, -0.25) is 0 Å². The van der Waals surface area contributed by atoms with Crippen molar-refractivity contribution in [1.29, 1.82) is 0 Å². The molecule has 0 amide bonds. The van der Waals surface area contributed by atoms with Crippen LogP contribution in [0.1, 0.15) is 123 Å². The molecule has 2 rings (SSSR count). The number of halogens is 2. The van der Waals surface area contributed by atoms with E-state index in [0.717, 1.165) is 56.3 Å². The summed E-state index contributed by atoms with van der Waals surface area (Å²) in [6.45, 7) is 8.65. The molecule has 1 saturated carbocycles. The van der Waals surface area contributed by atoms with E-state index in [9.17, 15) is 8.78 Å². The fourth-order valence-electron chi connectivity index (χ4n) is 5.71. The van der Waals surface area contributed by atoms with Gasteiger partial charge in [-0.2, -0.15) is 4.39 Å². The lowest BCUT2D eigenvalue weighted by atomic mass is 9.72. The van der Waals surface area contributed by atoms with Gasteiger partial charge in [0.25, 0.3) is 0 Å². The highest BCUT2D eigenvalue weighted by Crippen LogP contribution is 2.39. The van der Waals surface area contributed by atoms with Gasteiger partial charge in [-0.15, -0.1) is 0 Å². The van der Waals surface area contributed by atoms with Crippen LogP contribution in [0.25, 0.3) is 0 Å². The molecule has 1 fully saturated rings. The van der Waals surface area contributed by atoms with Gasteiger partial charge in [0, 0.05) is 0 Å². The maximum absolute atomic E-state index is 14.7. The summed E-state index contributed by atoms with van der Waals surface area (Å²) in [5, 5.41) is 0. The highest BCUT2D eigenvalue weighted by Gasteiger charge is 2.26. The maximum Gasteiger partial charge on any atom is 0.200 e. The van der Waals surface area contributed by atoms with Crippen molar-refractivity contribution in [3.63, 3.8) is 0 Å². The van der Waals surface area contributed by atoms with Crippen LogP contribution in [0.3, 0.4) is 0 Å². The zero-order valence-corrected chi connectivity index (χ0v) is 21.2. The summed E-state index contributed by atoms with van der Waals surface area (Å²) in [6, 6.07) is 3.36. The summed E-state index contributed by atoms with van der Waals surface area (Å²) in [4.78, 5) is 0. The first-order valence-electron chi connectivity index (χ1n) is 13.6. The molecule has 0 aliphatic heterocycles. The smallest absolute Gasteiger partial charge is 0.200 e. The lowest BCUT2D eigenvalue weighted by Gasteiger charge is -2.34. The molecule has 1 aromatic carbocycles. The van der Waals surface area contributed by atoms with Crippen LogP contribution in [-0.4, -0.2) is 6.10 Å². The second-order valence-electron chi connectivity index (χ2n) is 10.3. The summed E-state index contributed by atoms with van der Waals surface area (Å²) < 4.78 is 35.0. The van der Waals surface area contributed by atoms with Crippen LogP contribution in [0.2, 0.25) is 0 Å². The van der Waals surface area contributed by atoms with E-state index in [1.165, 1.54) is 51.4 Å². The van der Waals surface area contributed by atoms with Crippen LogP contribution in [0.4, 0.5) is 8.78 Å². The SMILES string of the molecule is CCCCCC(C)Oc1ccc(CCC[C@H](CCC)C2CCC(CCC)CC2)c(F)c1F. The molecule has 1 aliphatic carbocycles. The fourth-order valence-corrected chi connectivity index (χ4v) is 5.71. The van der Waals surface area contributed by atoms with Gasteiger partial charge in [-0.05, 0) is 81.3 Å². The van der Waals surface area contributed by atoms with E-state index in [4.69, 9.17) is 4.74 Å². The third kappa shape index (κ3) is 8.67. The third-order valence-electron chi connectivity index (χ3n) is 7.60. The number of unbranched alkanes of at least 4 members (excludes halogenated alkanes) is 2. The number of hydrogen-bond donors (Lipinski definition) is 0. The summed E-state index contributed by atoms with van der Waals surface area (Å²) in [5.74, 6) is 1.03. The first-order valence-corrected chi connectivity index (χ1v) is 13.6. The summed E-state index contributed by atoms with van der Waals surface area (Å²) in [6.07, 6.45) is 17.5. The van der Waals surface area contributed by atoms with Crippen molar-refractivity contribution in [2.24, 2.45) is 17.8 Å². The van der Waals surface area contributed by atoms with Crippen molar-refractivity contribution >= 4 is 0 Å². The number of ether oxygens (including phenoxy) is 1. The Kier molecular flexibility index (Phi) is 12.6. The Morgan fingerprint density at radius 3 is 2.25 bits per heavy atom. The van der Waals surface area contributed by atoms with E-state index in [2.05, 4.69) is 20.8 Å². The van der Waals surface area contributed by atoms with Crippen molar-refractivity contribution in [2.75, 3.05) is 0 Å². The summed E-state index contributed by atoms with van der Waals surface area (Å²) in [5.41, 5.74) is 0.496. The molecule has 1 aromatic rings. The predicted molar refractivity (Wildman–Crippen MR) is 132 cm³/mol. The molecule has 1 unspecified atom stereocenters. The van der Waals surface area contributed by atoms with Gasteiger partial charge in [-0.25, -0.2) is 4.39 Å².